The van der Waals surface area contributed by atoms with Crippen LogP contribution in [0.1, 0.15) is 60.4 Å². The highest BCUT2D eigenvalue weighted by atomic mass is 15.4. The third kappa shape index (κ3) is 4.36. The number of nitrogens with zero attached hydrogens (tertiary/aromatic N) is 4. The third-order valence-corrected chi connectivity index (χ3v) is 7.44. The lowest BCUT2D eigenvalue weighted by Crippen LogP contribution is -2.23. The number of aromatic nitrogens is 4. The summed E-state index contributed by atoms with van der Waals surface area (Å²) in [5.74, 6) is 1.44. The average Bonchev–Trinajstić information content (AvgIpc) is 3.24. The van der Waals surface area contributed by atoms with E-state index in [1.807, 2.05) is 6.20 Å². The molecule has 0 spiro atoms. The first-order valence-corrected chi connectivity index (χ1v) is 12.8. The molecule has 180 valence electrons. The number of anilines is 4. The van der Waals surface area contributed by atoms with Gasteiger partial charge in [0.15, 0.2) is 11.5 Å². The van der Waals surface area contributed by atoms with Gasteiger partial charge in [-0.05, 0) is 74.0 Å². The van der Waals surface area contributed by atoms with E-state index in [-0.39, 0.29) is 0 Å². The van der Waals surface area contributed by atoms with Gasteiger partial charge in [-0.2, -0.15) is 10.1 Å². The molecule has 4 aromatic rings. The van der Waals surface area contributed by atoms with E-state index in [9.17, 15) is 0 Å². The molecule has 0 amide bonds. The largest absolute Gasteiger partial charge is 0.338 e. The molecule has 7 heteroatoms. The van der Waals surface area contributed by atoms with E-state index in [1.165, 1.54) is 41.5 Å². The van der Waals surface area contributed by atoms with Crippen LogP contribution in [0.3, 0.4) is 0 Å². The van der Waals surface area contributed by atoms with Crippen LogP contribution in [0.5, 0.6) is 0 Å². The molecule has 3 N–H and O–H groups in total. The van der Waals surface area contributed by atoms with E-state index in [4.69, 9.17) is 10.1 Å². The number of hydrogen-bond acceptors (Lipinski definition) is 6. The van der Waals surface area contributed by atoms with Crippen molar-refractivity contribution in [3.05, 3.63) is 64.8 Å². The molecular weight excluding hydrogens is 434 g/mol. The molecule has 0 bridgehead atoms. The highest BCUT2D eigenvalue weighted by molar-refractivity contribution is 5.90. The lowest BCUT2D eigenvalue weighted by molar-refractivity contribution is 0.336. The van der Waals surface area contributed by atoms with Crippen LogP contribution in [-0.2, 0) is 13.0 Å². The summed E-state index contributed by atoms with van der Waals surface area (Å²) >= 11 is 0. The molecule has 6 rings (SSSR count). The second-order valence-electron chi connectivity index (χ2n) is 9.94. The van der Waals surface area contributed by atoms with Gasteiger partial charge in [-0.15, -0.1) is 0 Å². The van der Waals surface area contributed by atoms with Gasteiger partial charge in [0.25, 0.3) is 0 Å². The summed E-state index contributed by atoms with van der Waals surface area (Å²) in [6.07, 6.45) is 9.06. The van der Waals surface area contributed by atoms with Crippen LogP contribution in [0.2, 0.25) is 0 Å². The zero-order valence-corrected chi connectivity index (χ0v) is 20.6. The number of fused-ring (bicyclic) bond motifs is 2. The Morgan fingerprint density at radius 1 is 0.971 bits per heavy atom. The Hall–Kier alpha value is -3.45. The summed E-state index contributed by atoms with van der Waals surface area (Å²) in [5.41, 5.74) is 8.18. The molecule has 7 nitrogen and oxygen atoms in total. The summed E-state index contributed by atoms with van der Waals surface area (Å²) in [6.45, 7) is 6.21. The molecule has 2 aromatic carbocycles. The Kier molecular flexibility index (Phi) is 5.86. The monoisotopic (exact) mass is 467 g/mol. The van der Waals surface area contributed by atoms with E-state index >= 15 is 0 Å². The van der Waals surface area contributed by atoms with E-state index < -0.39 is 0 Å². The second-order valence-corrected chi connectivity index (χ2v) is 9.94. The fraction of sp³-hybridized carbons (Fsp3) is 0.393. The van der Waals surface area contributed by atoms with Gasteiger partial charge < -0.3 is 16.0 Å². The standard InChI is InChI=1S/C28H33N7/c1-18-7-6-8-19(2)25(18)32-26-24-17-30-28(31-22-12-11-20-13-14-29-16-21(20)15-22)33-27(24)35(34-26)23-9-4-3-5-10-23/h6-8,11-12,15,17,23,29H,3-5,9-10,13-14,16H2,1-2H3,(H,32,34)(H,30,31,33). The van der Waals surface area contributed by atoms with Crippen LogP contribution in [0, 0.1) is 13.8 Å². The van der Waals surface area contributed by atoms with Crippen LogP contribution in [-0.4, -0.2) is 26.3 Å². The zero-order valence-electron chi connectivity index (χ0n) is 20.6. The van der Waals surface area contributed by atoms with E-state index in [0.29, 0.717) is 12.0 Å². The van der Waals surface area contributed by atoms with Gasteiger partial charge in [0.2, 0.25) is 5.95 Å². The molecule has 0 saturated heterocycles. The maximum absolute atomic E-state index is 5.06. The van der Waals surface area contributed by atoms with E-state index in [2.05, 4.69) is 75.9 Å². The Morgan fingerprint density at radius 3 is 2.63 bits per heavy atom. The summed E-state index contributed by atoms with van der Waals surface area (Å²) in [7, 11) is 0. The number of para-hydroxylation sites is 1. The first kappa shape index (κ1) is 22.0. The van der Waals surface area contributed by atoms with Crippen molar-refractivity contribution in [3.8, 4) is 0 Å². The molecule has 0 unspecified atom stereocenters. The molecule has 2 aromatic heterocycles. The van der Waals surface area contributed by atoms with Gasteiger partial charge in [0.05, 0.1) is 11.4 Å². The lowest BCUT2D eigenvalue weighted by atomic mass is 9.96. The SMILES string of the molecule is Cc1cccc(C)c1Nc1nn(C2CCCCC2)c2nc(Nc3ccc4c(c3)CNCC4)ncc12. The molecule has 0 radical (unpaired) electrons. The quantitative estimate of drug-likeness (QED) is 0.330. The van der Waals surface area contributed by atoms with Crippen molar-refractivity contribution in [1.29, 1.82) is 0 Å². The van der Waals surface area contributed by atoms with Gasteiger partial charge in [-0.3, -0.25) is 0 Å². The molecule has 3 heterocycles. The van der Waals surface area contributed by atoms with Crippen molar-refractivity contribution < 1.29 is 0 Å². The van der Waals surface area contributed by atoms with E-state index in [1.54, 1.807) is 0 Å². The maximum atomic E-state index is 5.06. The van der Waals surface area contributed by atoms with Crippen LogP contribution in [0.15, 0.2) is 42.6 Å². The van der Waals surface area contributed by atoms with Crippen molar-refractivity contribution in [2.24, 2.45) is 0 Å². The van der Waals surface area contributed by atoms with Crippen LogP contribution < -0.4 is 16.0 Å². The number of nitrogens with one attached hydrogen (secondary N) is 3. The van der Waals surface area contributed by atoms with Crippen molar-refractivity contribution >= 4 is 34.2 Å². The summed E-state index contributed by atoms with van der Waals surface area (Å²) < 4.78 is 2.15. The molecule has 1 aliphatic heterocycles. The summed E-state index contributed by atoms with van der Waals surface area (Å²) in [5, 5.41) is 16.5. The van der Waals surface area contributed by atoms with Crippen LogP contribution in [0.4, 0.5) is 23.1 Å². The summed E-state index contributed by atoms with van der Waals surface area (Å²) in [6, 6.07) is 13.3. The van der Waals surface area contributed by atoms with Crippen molar-refractivity contribution in [2.75, 3.05) is 17.2 Å². The lowest BCUT2D eigenvalue weighted by Gasteiger charge is -2.22. The highest BCUT2D eigenvalue weighted by Crippen LogP contribution is 2.35. The van der Waals surface area contributed by atoms with Crippen molar-refractivity contribution in [2.45, 2.75) is 65.0 Å². The first-order valence-electron chi connectivity index (χ1n) is 12.8. The number of rotatable bonds is 5. The molecule has 1 fully saturated rings. The molecular formula is C28H33N7. The number of benzene rings is 2. The molecule has 35 heavy (non-hydrogen) atoms. The molecule has 1 saturated carbocycles. The molecule has 0 atom stereocenters. The fourth-order valence-corrected chi connectivity index (χ4v) is 5.47. The fourth-order valence-electron chi connectivity index (χ4n) is 5.47. The smallest absolute Gasteiger partial charge is 0.229 e. The second kappa shape index (κ2) is 9.30. The minimum atomic E-state index is 0.373. The zero-order chi connectivity index (χ0) is 23.8. The maximum Gasteiger partial charge on any atom is 0.229 e. The van der Waals surface area contributed by atoms with Gasteiger partial charge in [-0.25, -0.2) is 9.67 Å². The number of hydrogen-bond donors (Lipinski definition) is 3. The Balaban J connectivity index is 1.38. The Bertz CT molecular complexity index is 1350. The summed E-state index contributed by atoms with van der Waals surface area (Å²) in [4.78, 5) is 9.68. The Morgan fingerprint density at radius 2 is 1.80 bits per heavy atom. The van der Waals surface area contributed by atoms with Crippen LogP contribution >= 0.6 is 0 Å². The predicted octanol–water partition coefficient (Wildman–Crippen LogP) is 6.08. The topological polar surface area (TPSA) is 79.7 Å². The van der Waals surface area contributed by atoms with Crippen molar-refractivity contribution in [3.63, 3.8) is 0 Å². The minimum Gasteiger partial charge on any atom is -0.338 e. The normalized spacial score (nSPS) is 16.3. The Labute approximate surface area is 206 Å². The van der Waals surface area contributed by atoms with Gasteiger partial charge >= 0.3 is 0 Å². The first-order chi connectivity index (χ1) is 17.2. The highest BCUT2D eigenvalue weighted by Gasteiger charge is 2.23. The molecule has 2 aliphatic rings. The number of aryl methyl sites for hydroxylation is 2. The third-order valence-electron chi connectivity index (χ3n) is 7.44. The van der Waals surface area contributed by atoms with Crippen LogP contribution in [0.25, 0.3) is 11.0 Å². The van der Waals surface area contributed by atoms with E-state index in [0.717, 1.165) is 60.6 Å². The minimum absolute atomic E-state index is 0.373. The average molecular weight is 468 g/mol. The van der Waals surface area contributed by atoms with Gasteiger partial charge in [-0.1, -0.05) is 43.5 Å². The van der Waals surface area contributed by atoms with Gasteiger partial charge in [0.1, 0.15) is 0 Å². The van der Waals surface area contributed by atoms with Gasteiger partial charge in [0, 0.05) is 24.1 Å². The van der Waals surface area contributed by atoms with Crippen molar-refractivity contribution in [1.82, 2.24) is 25.1 Å². The molecule has 1 aliphatic carbocycles. The predicted molar refractivity (Wildman–Crippen MR) is 142 cm³/mol.